The molecule has 122 valence electrons. The Morgan fingerprint density at radius 2 is 2.27 bits per heavy atom. The highest BCUT2D eigenvalue weighted by Gasteiger charge is 2.28. The summed E-state index contributed by atoms with van der Waals surface area (Å²) in [7, 11) is 1.60. The van der Waals surface area contributed by atoms with E-state index in [1.54, 1.807) is 25.3 Å². The highest BCUT2D eigenvalue weighted by Crippen LogP contribution is 2.22. The van der Waals surface area contributed by atoms with Gasteiger partial charge < -0.3 is 14.8 Å². The third kappa shape index (κ3) is 4.87. The van der Waals surface area contributed by atoms with Gasteiger partial charge in [0, 0.05) is 30.2 Å². The van der Waals surface area contributed by atoms with Gasteiger partial charge in [0.2, 0.25) is 5.91 Å². The topological polar surface area (TPSA) is 50.8 Å². The number of hydrogen-bond donors (Lipinski definition) is 1. The van der Waals surface area contributed by atoms with E-state index in [1.807, 2.05) is 13.8 Å². The van der Waals surface area contributed by atoms with Gasteiger partial charge in [0.15, 0.2) is 0 Å². The lowest BCUT2D eigenvalue weighted by Gasteiger charge is -2.37. The summed E-state index contributed by atoms with van der Waals surface area (Å²) < 4.78 is 10.9. The average molecular weight is 327 g/mol. The van der Waals surface area contributed by atoms with Crippen LogP contribution in [0.15, 0.2) is 18.2 Å². The van der Waals surface area contributed by atoms with Gasteiger partial charge in [-0.25, -0.2) is 0 Å². The monoisotopic (exact) mass is 326 g/mol. The van der Waals surface area contributed by atoms with Crippen LogP contribution >= 0.6 is 11.6 Å². The molecular formula is C16H23ClN2O3. The van der Waals surface area contributed by atoms with Gasteiger partial charge in [0.1, 0.15) is 5.75 Å². The first-order chi connectivity index (χ1) is 10.4. The third-order valence-electron chi connectivity index (χ3n) is 3.59. The van der Waals surface area contributed by atoms with Crippen LogP contribution in [0.5, 0.6) is 5.75 Å². The minimum atomic E-state index is -0.200. The molecule has 0 radical (unpaired) electrons. The number of nitrogens with one attached hydrogen (secondary N) is 1. The van der Waals surface area contributed by atoms with Crippen LogP contribution in [0.4, 0.5) is 0 Å². The molecule has 1 fully saturated rings. The number of morpholine rings is 1. The van der Waals surface area contributed by atoms with Crippen molar-refractivity contribution in [1.29, 1.82) is 0 Å². The number of benzene rings is 1. The van der Waals surface area contributed by atoms with Crippen molar-refractivity contribution in [1.82, 2.24) is 10.2 Å². The number of hydrogen-bond acceptors (Lipinski definition) is 4. The summed E-state index contributed by atoms with van der Waals surface area (Å²) in [6, 6.07) is 5.37. The van der Waals surface area contributed by atoms with Crippen molar-refractivity contribution < 1.29 is 14.3 Å². The van der Waals surface area contributed by atoms with Crippen molar-refractivity contribution in [2.24, 2.45) is 0 Å². The Morgan fingerprint density at radius 3 is 2.95 bits per heavy atom. The van der Waals surface area contributed by atoms with E-state index in [0.717, 1.165) is 24.4 Å². The van der Waals surface area contributed by atoms with Crippen LogP contribution in [0, 0.1) is 0 Å². The van der Waals surface area contributed by atoms with E-state index in [0.29, 0.717) is 24.7 Å². The standard InChI is InChI=1S/C16H23ClN2O3/c1-16(2)11-19(6-7-22-16)10-15(20)18-9-12-8-13(17)4-5-14(12)21-3/h4-5,8H,6-7,9-11H2,1-3H3,(H,18,20). The molecule has 1 N–H and O–H groups in total. The summed E-state index contributed by atoms with van der Waals surface area (Å²) in [6.45, 7) is 7.02. The molecule has 1 saturated heterocycles. The largest absolute Gasteiger partial charge is 0.496 e. The Morgan fingerprint density at radius 1 is 1.50 bits per heavy atom. The maximum atomic E-state index is 12.1. The summed E-state index contributed by atoms with van der Waals surface area (Å²) in [5, 5.41) is 3.54. The maximum absolute atomic E-state index is 12.1. The summed E-state index contributed by atoms with van der Waals surface area (Å²) in [6.07, 6.45) is 0. The van der Waals surface area contributed by atoms with Crippen molar-refractivity contribution in [2.75, 3.05) is 33.4 Å². The van der Waals surface area contributed by atoms with Crippen LogP contribution in [0.1, 0.15) is 19.4 Å². The highest BCUT2D eigenvalue weighted by molar-refractivity contribution is 6.30. The number of halogens is 1. The fourth-order valence-electron chi connectivity index (χ4n) is 2.59. The van der Waals surface area contributed by atoms with Crippen LogP contribution in [0.2, 0.25) is 5.02 Å². The van der Waals surface area contributed by atoms with Crippen LogP contribution in [0.3, 0.4) is 0 Å². The molecule has 22 heavy (non-hydrogen) atoms. The third-order valence-corrected chi connectivity index (χ3v) is 3.83. The molecule has 1 heterocycles. The molecule has 0 aliphatic carbocycles. The summed E-state index contributed by atoms with van der Waals surface area (Å²) >= 11 is 5.99. The number of carbonyl (C=O) groups is 1. The molecule has 0 unspecified atom stereocenters. The molecule has 1 aliphatic rings. The first-order valence-corrected chi connectivity index (χ1v) is 7.73. The molecule has 6 heteroatoms. The molecule has 1 aromatic carbocycles. The number of carbonyl (C=O) groups excluding carboxylic acids is 1. The van der Waals surface area contributed by atoms with Gasteiger partial charge in [-0.3, -0.25) is 9.69 Å². The molecule has 1 aliphatic heterocycles. The lowest BCUT2D eigenvalue weighted by Crippen LogP contribution is -2.51. The van der Waals surface area contributed by atoms with E-state index in [4.69, 9.17) is 21.1 Å². The maximum Gasteiger partial charge on any atom is 0.234 e. The molecule has 0 atom stereocenters. The van der Waals surface area contributed by atoms with E-state index < -0.39 is 0 Å². The zero-order chi connectivity index (χ0) is 16.2. The molecule has 0 aromatic heterocycles. The van der Waals surface area contributed by atoms with Gasteiger partial charge >= 0.3 is 0 Å². The van der Waals surface area contributed by atoms with E-state index in [2.05, 4.69) is 10.2 Å². The van der Waals surface area contributed by atoms with E-state index in [-0.39, 0.29) is 11.5 Å². The van der Waals surface area contributed by atoms with E-state index >= 15 is 0 Å². The van der Waals surface area contributed by atoms with Crippen LogP contribution in [-0.4, -0.2) is 49.8 Å². The van der Waals surface area contributed by atoms with E-state index in [9.17, 15) is 4.79 Å². The molecule has 2 rings (SSSR count). The number of amides is 1. The zero-order valence-electron chi connectivity index (χ0n) is 13.3. The summed E-state index contributed by atoms with van der Waals surface area (Å²) in [5.41, 5.74) is 0.667. The number of rotatable bonds is 5. The van der Waals surface area contributed by atoms with Gasteiger partial charge in [-0.15, -0.1) is 0 Å². The Kier molecular flexibility index (Phi) is 5.67. The molecule has 5 nitrogen and oxygen atoms in total. The van der Waals surface area contributed by atoms with Gasteiger partial charge in [-0.05, 0) is 32.0 Å². The molecular weight excluding hydrogens is 304 g/mol. The number of ether oxygens (including phenoxy) is 2. The second kappa shape index (κ2) is 7.31. The van der Waals surface area contributed by atoms with E-state index in [1.165, 1.54) is 0 Å². The molecule has 0 bridgehead atoms. The lowest BCUT2D eigenvalue weighted by atomic mass is 10.1. The predicted octanol–water partition coefficient (Wildman–Crippen LogP) is 2.08. The van der Waals surface area contributed by atoms with Gasteiger partial charge in [0.05, 0.1) is 25.9 Å². The molecule has 1 amide bonds. The molecule has 0 saturated carbocycles. The Bertz CT molecular complexity index is 534. The van der Waals surface area contributed by atoms with Crippen molar-refractivity contribution in [3.63, 3.8) is 0 Å². The number of methoxy groups -OCH3 is 1. The SMILES string of the molecule is COc1ccc(Cl)cc1CNC(=O)CN1CCOC(C)(C)C1. The van der Waals surface area contributed by atoms with Crippen molar-refractivity contribution in [3.05, 3.63) is 28.8 Å². The highest BCUT2D eigenvalue weighted by atomic mass is 35.5. The van der Waals surface area contributed by atoms with Crippen molar-refractivity contribution >= 4 is 17.5 Å². The summed E-state index contributed by atoms with van der Waals surface area (Å²) in [5.74, 6) is 0.705. The lowest BCUT2D eigenvalue weighted by molar-refractivity contribution is -0.127. The van der Waals surface area contributed by atoms with Crippen molar-refractivity contribution in [3.8, 4) is 5.75 Å². The van der Waals surface area contributed by atoms with Gasteiger partial charge in [-0.2, -0.15) is 0 Å². The zero-order valence-corrected chi connectivity index (χ0v) is 14.1. The normalized spacial score (nSPS) is 18.0. The second-order valence-electron chi connectivity index (χ2n) is 6.05. The van der Waals surface area contributed by atoms with Gasteiger partial charge in [-0.1, -0.05) is 11.6 Å². The minimum Gasteiger partial charge on any atom is -0.496 e. The fourth-order valence-corrected chi connectivity index (χ4v) is 2.78. The fraction of sp³-hybridized carbons (Fsp3) is 0.562. The summed E-state index contributed by atoms with van der Waals surface area (Å²) in [4.78, 5) is 14.2. The Balaban J connectivity index is 1.86. The average Bonchev–Trinajstić information content (AvgIpc) is 2.44. The quantitative estimate of drug-likeness (QED) is 0.900. The molecule has 0 spiro atoms. The second-order valence-corrected chi connectivity index (χ2v) is 6.49. The van der Waals surface area contributed by atoms with Crippen molar-refractivity contribution in [2.45, 2.75) is 26.0 Å². The smallest absolute Gasteiger partial charge is 0.234 e. The van der Waals surface area contributed by atoms with Crippen LogP contribution in [-0.2, 0) is 16.1 Å². The van der Waals surface area contributed by atoms with Gasteiger partial charge in [0.25, 0.3) is 0 Å². The van der Waals surface area contributed by atoms with Crippen LogP contribution < -0.4 is 10.1 Å². The Labute approximate surface area is 136 Å². The Hall–Kier alpha value is -1.30. The number of nitrogens with zero attached hydrogens (tertiary/aromatic N) is 1. The first-order valence-electron chi connectivity index (χ1n) is 7.35. The first kappa shape index (κ1) is 17.1. The minimum absolute atomic E-state index is 0.0141. The predicted molar refractivity (Wildman–Crippen MR) is 86.3 cm³/mol. The molecule has 1 aromatic rings. The van der Waals surface area contributed by atoms with Crippen LogP contribution in [0.25, 0.3) is 0 Å².